The third-order valence-electron chi connectivity index (χ3n) is 3.98. The van der Waals surface area contributed by atoms with Crippen molar-refractivity contribution < 1.29 is 9.59 Å². The minimum absolute atomic E-state index is 0.0228. The third-order valence-corrected chi connectivity index (χ3v) is 3.98. The van der Waals surface area contributed by atoms with Gasteiger partial charge in [0.15, 0.2) is 0 Å². The largest absolute Gasteiger partial charge is 0.373 e. The van der Waals surface area contributed by atoms with E-state index in [-0.39, 0.29) is 17.7 Å². The van der Waals surface area contributed by atoms with Crippen LogP contribution in [0.5, 0.6) is 0 Å². The number of nitrogens with two attached hydrogens (primary N) is 1. The molecule has 1 aliphatic rings. The van der Waals surface area contributed by atoms with E-state index in [1.165, 1.54) is 6.92 Å². The summed E-state index contributed by atoms with van der Waals surface area (Å²) in [5.74, 6) is 0.0930. The zero-order chi connectivity index (χ0) is 16.1. The molecule has 7 nitrogen and oxygen atoms in total. The highest BCUT2D eigenvalue weighted by Crippen LogP contribution is 2.17. The molecule has 2 amide bonds. The molecule has 0 bridgehead atoms. The lowest BCUT2D eigenvalue weighted by molar-refractivity contribution is -0.130. The second-order valence-corrected chi connectivity index (χ2v) is 5.56. The first-order valence-corrected chi connectivity index (χ1v) is 7.40. The summed E-state index contributed by atoms with van der Waals surface area (Å²) in [5.41, 5.74) is 6.54. The molecule has 1 aliphatic heterocycles. The molecule has 120 valence electrons. The molecule has 0 unspecified atom stereocenters. The lowest BCUT2D eigenvalue weighted by atomic mass is 10.1. The molecule has 1 saturated heterocycles. The number of hydrogen-bond acceptors (Lipinski definition) is 5. The maximum atomic E-state index is 11.6. The molecule has 22 heavy (non-hydrogen) atoms. The van der Waals surface area contributed by atoms with Gasteiger partial charge in [-0.2, -0.15) is 0 Å². The molecule has 1 fully saturated rings. The summed E-state index contributed by atoms with van der Waals surface area (Å²) in [4.78, 5) is 31.4. The van der Waals surface area contributed by atoms with E-state index in [1.54, 1.807) is 11.1 Å². The van der Waals surface area contributed by atoms with Crippen LogP contribution in [0.2, 0.25) is 0 Å². The highest BCUT2D eigenvalue weighted by atomic mass is 16.2. The first-order chi connectivity index (χ1) is 10.5. The topological polar surface area (TPSA) is 91.6 Å². The fourth-order valence-electron chi connectivity index (χ4n) is 2.72. The number of carbonyl (C=O) groups is 2. The van der Waals surface area contributed by atoms with E-state index < -0.39 is 0 Å². The smallest absolute Gasteiger partial charge is 0.223 e. The van der Waals surface area contributed by atoms with E-state index in [2.05, 4.69) is 15.2 Å². The Hall–Kier alpha value is -2.15. The number of aromatic nitrogens is 1. The summed E-state index contributed by atoms with van der Waals surface area (Å²) < 4.78 is 0. The average Bonchev–Trinajstić information content (AvgIpc) is 2.71. The predicted molar refractivity (Wildman–Crippen MR) is 84.0 cm³/mol. The van der Waals surface area contributed by atoms with Crippen LogP contribution in [0.1, 0.15) is 12.5 Å². The zero-order valence-electron chi connectivity index (χ0n) is 13.1. The molecular weight excluding hydrogens is 282 g/mol. The van der Waals surface area contributed by atoms with Crippen molar-refractivity contribution in [1.82, 2.24) is 14.8 Å². The number of rotatable bonds is 4. The fraction of sp³-hybridized carbons (Fsp3) is 0.533. The van der Waals surface area contributed by atoms with Gasteiger partial charge in [-0.05, 0) is 6.07 Å². The van der Waals surface area contributed by atoms with E-state index in [4.69, 9.17) is 5.73 Å². The molecule has 0 aliphatic carbocycles. The summed E-state index contributed by atoms with van der Waals surface area (Å²) in [6.07, 6.45) is 1.74. The van der Waals surface area contributed by atoms with Gasteiger partial charge in [0.2, 0.25) is 11.8 Å². The fourth-order valence-corrected chi connectivity index (χ4v) is 2.72. The minimum Gasteiger partial charge on any atom is -0.373 e. The normalized spacial score (nSPS) is 19.5. The summed E-state index contributed by atoms with van der Waals surface area (Å²) >= 11 is 0. The van der Waals surface area contributed by atoms with Crippen LogP contribution >= 0.6 is 0 Å². The van der Waals surface area contributed by atoms with Crippen molar-refractivity contribution >= 4 is 17.6 Å². The van der Waals surface area contributed by atoms with E-state index in [1.807, 2.05) is 19.2 Å². The van der Waals surface area contributed by atoms with Crippen LogP contribution in [0.15, 0.2) is 18.3 Å². The van der Waals surface area contributed by atoms with Gasteiger partial charge < -0.3 is 16.0 Å². The molecule has 3 N–H and O–H groups in total. The van der Waals surface area contributed by atoms with Gasteiger partial charge >= 0.3 is 0 Å². The van der Waals surface area contributed by atoms with E-state index in [0.717, 1.165) is 11.4 Å². The number of amides is 2. The average molecular weight is 305 g/mol. The minimum atomic E-state index is -0.363. The van der Waals surface area contributed by atoms with Crippen LogP contribution in [0.25, 0.3) is 0 Å². The van der Waals surface area contributed by atoms with Gasteiger partial charge in [0.25, 0.3) is 0 Å². The molecule has 0 spiro atoms. The molecule has 0 aromatic carbocycles. The van der Waals surface area contributed by atoms with E-state index >= 15 is 0 Å². The van der Waals surface area contributed by atoms with Crippen molar-refractivity contribution in [2.75, 3.05) is 38.5 Å². The molecule has 2 heterocycles. The van der Waals surface area contributed by atoms with Crippen LogP contribution in [0.4, 0.5) is 5.82 Å². The highest BCUT2D eigenvalue weighted by Gasteiger charge is 2.27. The Morgan fingerprint density at radius 3 is 2.82 bits per heavy atom. The molecule has 1 aromatic rings. The third kappa shape index (κ3) is 3.94. The van der Waals surface area contributed by atoms with Gasteiger partial charge in [-0.25, -0.2) is 4.98 Å². The number of hydrogen-bond donors (Lipinski definition) is 2. The van der Waals surface area contributed by atoms with Crippen LogP contribution in [0.3, 0.4) is 0 Å². The lowest BCUT2D eigenvalue weighted by Crippen LogP contribution is -2.39. The number of primary amides is 1. The quantitative estimate of drug-likeness (QED) is 0.810. The number of carbonyl (C=O) groups excluding carboxylic acids is 2. The van der Waals surface area contributed by atoms with Gasteiger partial charge in [-0.3, -0.25) is 14.5 Å². The Morgan fingerprint density at radius 2 is 2.18 bits per heavy atom. The Kier molecular flexibility index (Phi) is 5.32. The first kappa shape index (κ1) is 16.2. The number of nitrogens with one attached hydrogen (secondary N) is 1. The first-order valence-electron chi connectivity index (χ1n) is 7.40. The molecular formula is C15H23N5O2. The van der Waals surface area contributed by atoms with Crippen molar-refractivity contribution in [2.24, 2.45) is 11.7 Å². The van der Waals surface area contributed by atoms with E-state index in [9.17, 15) is 9.59 Å². The van der Waals surface area contributed by atoms with Crippen molar-refractivity contribution in [3.05, 3.63) is 23.9 Å². The second kappa shape index (κ2) is 7.22. The molecule has 1 aromatic heterocycles. The molecule has 2 rings (SSSR count). The Labute approximate surface area is 130 Å². The number of anilines is 1. The second-order valence-electron chi connectivity index (χ2n) is 5.56. The molecule has 0 radical (unpaired) electrons. The molecule has 1 atom stereocenters. The number of pyridine rings is 1. The van der Waals surface area contributed by atoms with Gasteiger partial charge in [0.1, 0.15) is 5.82 Å². The number of nitrogens with zero attached hydrogens (tertiary/aromatic N) is 3. The molecule has 7 heteroatoms. The van der Waals surface area contributed by atoms with Crippen molar-refractivity contribution in [1.29, 1.82) is 0 Å². The van der Waals surface area contributed by atoms with Crippen molar-refractivity contribution in [2.45, 2.75) is 13.5 Å². The van der Waals surface area contributed by atoms with E-state index in [0.29, 0.717) is 32.7 Å². The van der Waals surface area contributed by atoms with Crippen LogP contribution < -0.4 is 11.1 Å². The van der Waals surface area contributed by atoms with Crippen LogP contribution in [0, 0.1) is 5.92 Å². The van der Waals surface area contributed by atoms with Crippen LogP contribution in [-0.2, 0) is 16.1 Å². The van der Waals surface area contributed by atoms with Crippen molar-refractivity contribution in [3.63, 3.8) is 0 Å². The summed E-state index contributed by atoms with van der Waals surface area (Å²) in [6, 6.07) is 3.90. The SMILES string of the molecule is CNc1ncccc1CN1CCN(C(C)=O)C[C@H](C(N)=O)C1. The lowest BCUT2D eigenvalue weighted by Gasteiger charge is -2.22. The van der Waals surface area contributed by atoms with Gasteiger partial charge in [-0.1, -0.05) is 6.07 Å². The Bertz CT molecular complexity index is 548. The zero-order valence-corrected chi connectivity index (χ0v) is 13.1. The van der Waals surface area contributed by atoms with Crippen LogP contribution in [-0.4, -0.2) is 59.8 Å². The van der Waals surface area contributed by atoms with Gasteiger partial charge in [-0.15, -0.1) is 0 Å². The maximum Gasteiger partial charge on any atom is 0.223 e. The maximum absolute atomic E-state index is 11.6. The summed E-state index contributed by atoms with van der Waals surface area (Å²) in [6.45, 7) is 4.45. The predicted octanol–water partition coefficient (Wildman–Crippen LogP) is -0.111. The van der Waals surface area contributed by atoms with Gasteiger partial charge in [0.05, 0.1) is 5.92 Å². The standard InChI is InChI=1S/C15H23N5O2/c1-11(21)20-7-6-19(9-13(10-20)14(16)22)8-12-4-3-5-18-15(12)17-2/h3-5,13H,6-10H2,1-2H3,(H2,16,22)(H,17,18)/t13-/m1/s1. The van der Waals surface area contributed by atoms with Gasteiger partial charge in [0, 0.05) is 58.5 Å². The summed E-state index contributed by atoms with van der Waals surface area (Å²) in [7, 11) is 1.83. The molecule has 0 saturated carbocycles. The Morgan fingerprint density at radius 1 is 1.41 bits per heavy atom. The Balaban J connectivity index is 2.13. The monoisotopic (exact) mass is 305 g/mol. The highest BCUT2D eigenvalue weighted by molar-refractivity contribution is 5.79. The van der Waals surface area contributed by atoms with Crippen molar-refractivity contribution in [3.8, 4) is 0 Å². The summed E-state index contributed by atoms with van der Waals surface area (Å²) in [5, 5.41) is 3.07.